The molecule has 1 N–H and O–H groups in total. The van der Waals surface area contributed by atoms with Crippen LogP contribution in [0.4, 0.5) is 0 Å². The molecule has 0 aliphatic carbocycles. The summed E-state index contributed by atoms with van der Waals surface area (Å²) in [5, 5.41) is 0. The van der Waals surface area contributed by atoms with Gasteiger partial charge in [-0.2, -0.15) is 0 Å². The molecule has 0 aliphatic heterocycles. The Morgan fingerprint density at radius 1 is 0.964 bits per heavy atom. The van der Waals surface area contributed by atoms with Crippen LogP contribution in [-0.2, 0) is 0 Å². The Balaban J connectivity index is 1.87. The first kappa shape index (κ1) is 17.6. The minimum atomic E-state index is -0.303. The second-order valence-corrected chi connectivity index (χ2v) is 5.94. The van der Waals surface area contributed by atoms with E-state index < -0.39 is 0 Å². The van der Waals surface area contributed by atoms with E-state index >= 15 is 0 Å². The summed E-state index contributed by atoms with van der Waals surface area (Å²) in [6, 6.07) is 12.8. The van der Waals surface area contributed by atoms with E-state index in [2.05, 4.69) is 15.0 Å². The Kier molecular flexibility index (Phi) is 4.44. The van der Waals surface area contributed by atoms with E-state index in [-0.39, 0.29) is 5.69 Å². The molecule has 0 fully saturated rings. The standard InChI is InChI=1S/C20H18N4O4/c1-26-15-9-12(10-16(27-2)17(15)28-3)14-11-21-19-18(22-14)23-20(25)24(19)13-7-5-4-6-8-13/h4-11H,1-3H3,(H,22,23,25). The Hall–Kier alpha value is -3.81. The van der Waals surface area contributed by atoms with Crippen LogP contribution in [0.3, 0.4) is 0 Å². The van der Waals surface area contributed by atoms with E-state index in [1.165, 1.54) is 4.57 Å². The molecule has 0 unspecified atom stereocenters. The smallest absolute Gasteiger partial charge is 0.333 e. The highest BCUT2D eigenvalue weighted by atomic mass is 16.5. The van der Waals surface area contributed by atoms with Gasteiger partial charge in [-0.25, -0.2) is 19.3 Å². The van der Waals surface area contributed by atoms with Gasteiger partial charge in [-0.15, -0.1) is 0 Å². The highest BCUT2D eigenvalue weighted by molar-refractivity contribution is 5.75. The molecule has 8 heteroatoms. The van der Waals surface area contributed by atoms with Gasteiger partial charge >= 0.3 is 5.69 Å². The van der Waals surface area contributed by atoms with Crippen LogP contribution in [0.15, 0.2) is 53.5 Å². The number of para-hydroxylation sites is 1. The third kappa shape index (κ3) is 2.84. The number of nitrogens with zero attached hydrogens (tertiary/aromatic N) is 3. The van der Waals surface area contributed by atoms with Crippen LogP contribution in [0, 0.1) is 0 Å². The number of nitrogens with one attached hydrogen (secondary N) is 1. The van der Waals surface area contributed by atoms with Gasteiger partial charge < -0.3 is 14.2 Å². The Labute approximate surface area is 160 Å². The molecule has 142 valence electrons. The molecule has 28 heavy (non-hydrogen) atoms. The van der Waals surface area contributed by atoms with Crippen molar-refractivity contribution in [3.05, 3.63) is 59.1 Å². The highest BCUT2D eigenvalue weighted by Gasteiger charge is 2.17. The molecule has 0 spiro atoms. The molecule has 0 radical (unpaired) electrons. The van der Waals surface area contributed by atoms with Crippen molar-refractivity contribution in [2.24, 2.45) is 0 Å². The van der Waals surface area contributed by atoms with Crippen LogP contribution in [0.5, 0.6) is 17.2 Å². The maximum Gasteiger partial charge on any atom is 0.333 e. The SMILES string of the molecule is COc1cc(-c2cnc3c(n2)[nH]c(=O)n3-c2ccccc2)cc(OC)c1OC. The zero-order chi connectivity index (χ0) is 19.7. The van der Waals surface area contributed by atoms with E-state index in [4.69, 9.17) is 14.2 Å². The number of aromatic amines is 1. The topological polar surface area (TPSA) is 91.3 Å². The van der Waals surface area contributed by atoms with Crippen LogP contribution >= 0.6 is 0 Å². The van der Waals surface area contributed by atoms with Crippen LogP contribution in [0.25, 0.3) is 28.2 Å². The number of aromatic nitrogens is 4. The zero-order valence-electron chi connectivity index (χ0n) is 15.6. The molecule has 2 aromatic heterocycles. The molecule has 0 atom stereocenters. The average molecular weight is 378 g/mol. The molecule has 4 rings (SSSR count). The number of hydrogen-bond acceptors (Lipinski definition) is 6. The number of methoxy groups -OCH3 is 3. The number of hydrogen-bond donors (Lipinski definition) is 1. The van der Waals surface area contributed by atoms with Gasteiger partial charge in [-0.05, 0) is 24.3 Å². The van der Waals surface area contributed by atoms with Crippen LogP contribution in [0.2, 0.25) is 0 Å². The molecule has 2 heterocycles. The quantitative estimate of drug-likeness (QED) is 0.574. The fourth-order valence-corrected chi connectivity index (χ4v) is 3.07. The molecular formula is C20H18N4O4. The van der Waals surface area contributed by atoms with E-state index in [1.807, 2.05) is 30.3 Å². The summed E-state index contributed by atoms with van der Waals surface area (Å²) in [6.07, 6.45) is 1.61. The molecular weight excluding hydrogens is 360 g/mol. The van der Waals surface area contributed by atoms with Crippen LogP contribution in [0.1, 0.15) is 0 Å². The molecule has 2 aromatic carbocycles. The van der Waals surface area contributed by atoms with Crippen molar-refractivity contribution in [1.29, 1.82) is 0 Å². The second kappa shape index (κ2) is 7.07. The van der Waals surface area contributed by atoms with Gasteiger partial charge in [0.15, 0.2) is 22.8 Å². The zero-order valence-corrected chi connectivity index (χ0v) is 15.6. The summed E-state index contributed by atoms with van der Waals surface area (Å²) < 4.78 is 17.6. The van der Waals surface area contributed by atoms with E-state index in [0.29, 0.717) is 39.9 Å². The van der Waals surface area contributed by atoms with Crippen molar-refractivity contribution in [1.82, 2.24) is 19.5 Å². The fourth-order valence-electron chi connectivity index (χ4n) is 3.07. The number of fused-ring (bicyclic) bond motifs is 1. The maximum atomic E-state index is 12.4. The summed E-state index contributed by atoms with van der Waals surface area (Å²) in [4.78, 5) is 24.2. The summed E-state index contributed by atoms with van der Waals surface area (Å²) >= 11 is 0. The van der Waals surface area contributed by atoms with Gasteiger partial charge in [0.1, 0.15) is 0 Å². The number of benzene rings is 2. The van der Waals surface area contributed by atoms with E-state index in [1.54, 1.807) is 39.7 Å². The van der Waals surface area contributed by atoms with Crippen molar-refractivity contribution in [2.45, 2.75) is 0 Å². The summed E-state index contributed by atoms with van der Waals surface area (Å²) in [6.45, 7) is 0. The minimum absolute atomic E-state index is 0.303. The number of ether oxygens (including phenoxy) is 3. The molecule has 0 bridgehead atoms. The normalized spacial score (nSPS) is 10.8. The summed E-state index contributed by atoms with van der Waals surface area (Å²) in [5.41, 5.74) is 2.54. The third-order valence-corrected chi connectivity index (χ3v) is 4.37. The molecule has 4 aromatic rings. The molecule has 8 nitrogen and oxygen atoms in total. The van der Waals surface area contributed by atoms with Gasteiger partial charge in [-0.3, -0.25) is 4.98 Å². The predicted octanol–water partition coefficient (Wildman–Crippen LogP) is 2.80. The molecule has 0 aliphatic rings. The summed E-state index contributed by atoms with van der Waals surface area (Å²) in [5.74, 6) is 1.51. The lowest BCUT2D eigenvalue weighted by atomic mass is 10.1. The predicted molar refractivity (Wildman–Crippen MR) is 105 cm³/mol. The lowest BCUT2D eigenvalue weighted by Gasteiger charge is -2.13. The largest absolute Gasteiger partial charge is 0.493 e. The maximum absolute atomic E-state index is 12.4. The van der Waals surface area contributed by atoms with Crippen molar-refractivity contribution < 1.29 is 14.2 Å². The minimum Gasteiger partial charge on any atom is -0.493 e. The lowest BCUT2D eigenvalue weighted by Crippen LogP contribution is -2.14. The van der Waals surface area contributed by atoms with E-state index in [0.717, 1.165) is 5.56 Å². The van der Waals surface area contributed by atoms with Crippen molar-refractivity contribution >= 4 is 11.3 Å². The molecule has 0 amide bonds. The molecule has 0 saturated carbocycles. The van der Waals surface area contributed by atoms with Gasteiger partial charge in [-0.1, -0.05) is 18.2 Å². The first-order chi connectivity index (χ1) is 13.7. The first-order valence-corrected chi connectivity index (χ1v) is 8.50. The number of imidazole rings is 1. The van der Waals surface area contributed by atoms with Crippen molar-refractivity contribution in [3.63, 3.8) is 0 Å². The van der Waals surface area contributed by atoms with Gasteiger partial charge in [0, 0.05) is 5.56 Å². The highest BCUT2D eigenvalue weighted by Crippen LogP contribution is 2.40. The van der Waals surface area contributed by atoms with E-state index in [9.17, 15) is 4.79 Å². The van der Waals surface area contributed by atoms with Crippen molar-refractivity contribution in [2.75, 3.05) is 21.3 Å². The van der Waals surface area contributed by atoms with Crippen molar-refractivity contribution in [3.8, 4) is 34.2 Å². The number of H-pyrrole nitrogens is 1. The van der Waals surface area contributed by atoms with Gasteiger partial charge in [0.25, 0.3) is 0 Å². The molecule has 0 saturated heterocycles. The Morgan fingerprint density at radius 2 is 1.64 bits per heavy atom. The lowest BCUT2D eigenvalue weighted by molar-refractivity contribution is 0.324. The fraction of sp³-hybridized carbons (Fsp3) is 0.150. The Morgan fingerprint density at radius 3 is 2.25 bits per heavy atom. The first-order valence-electron chi connectivity index (χ1n) is 8.50. The average Bonchev–Trinajstić information content (AvgIpc) is 3.07. The monoisotopic (exact) mass is 378 g/mol. The van der Waals surface area contributed by atoms with Gasteiger partial charge in [0.2, 0.25) is 5.75 Å². The van der Waals surface area contributed by atoms with Crippen LogP contribution in [-0.4, -0.2) is 40.8 Å². The van der Waals surface area contributed by atoms with Gasteiger partial charge in [0.05, 0.1) is 38.9 Å². The second-order valence-electron chi connectivity index (χ2n) is 5.94. The summed E-state index contributed by atoms with van der Waals surface area (Å²) in [7, 11) is 4.64. The Bertz CT molecular complexity index is 1170. The third-order valence-electron chi connectivity index (χ3n) is 4.37. The van der Waals surface area contributed by atoms with Crippen LogP contribution < -0.4 is 19.9 Å². The number of rotatable bonds is 5.